The summed E-state index contributed by atoms with van der Waals surface area (Å²) in [7, 11) is 0. The number of urea groups is 1. The van der Waals surface area contributed by atoms with Gasteiger partial charge in [-0.15, -0.1) is 0 Å². The van der Waals surface area contributed by atoms with E-state index < -0.39 is 30.5 Å². The molecule has 1 atom stereocenters. The van der Waals surface area contributed by atoms with Crippen molar-refractivity contribution < 1.29 is 27.9 Å². The molecule has 3 N–H and O–H groups in total. The van der Waals surface area contributed by atoms with Crippen LogP contribution in [0.3, 0.4) is 0 Å². The van der Waals surface area contributed by atoms with E-state index in [9.17, 15) is 22.8 Å². The van der Waals surface area contributed by atoms with Gasteiger partial charge in [0, 0.05) is 19.5 Å². The Morgan fingerprint density at radius 3 is 2.20 bits per heavy atom. The number of unbranched alkanes of at least 4 members (excludes halogenated alkanes) is 1. The number of hydrogen-bond acceptors (Lipinski definition) is 2. The van der Waals surface area contributed by atoms with Crippen LogP contribution in [0.5, 0.6) is 0 Å². The second kappa shape index (κ2) is 8.65. The molecular formula is C12H21F3N2O3. The Hall–Kier alpha value is -1.47. The summed E-state index contributed by atoms with van der Waals surface area (Å²) in [5.41, 5.74) is 0. The van der Waals surface area contributed by atoms with Gasteiger partial charge in [0.1, 0.15) is 0 Å². The number of halogens is 3. The summed E-state index contributed by atoms with van der Waals surface area (Å²) in [6, 6.07) is -0.566. The van der Waals surface area contributed by atoms with Crippen LogP contribution in [0.25, 0.3) is 0 Å². The fourth-order valence-corrected chi connectivity index (χ4v) is 1.53. The van der Waals surface area contributed by atoms with Gasteiger partial charge in [-0.3, -0.25) is 4.79 Å². The molecule has 0 aromatic rings. The first-order valence-electron chi connectivity index (χ1n) is 6.44. The van der Waals surface area contributed by atoms with Crippen LogP contribution in [0.2, 0.25) is 0 Å². The van der Waals surface area contributed by atoms with Crippen LogP contribution in [-0.4, -0.2) is 36.4 Å². The van der Waals surface area contributed by atoms with Gasteiger partial charge in [-0.05, 0) is 18.8 Å². The van der Waals surface area contributed by atoms with Crippen molar-refractivity contribution in [1.82, 2.24) is 10.6 Å². The highest BCUT2D eigenvalue weighted by molar-refractivity contribution is 5.75. The zero-order chi connectivity index (χ0) is 15.8. The summed E-state index contributed by atoms with van der Waals surface area (Å²) in [6.45, 7) is 3.58. The fourth-order valence-electron chi connectivity index (χ4n) is 1.53. The summed E-state index contributed by atoms with van der Waals surface area (Å²) in [5, 5.41) is 13.7. The van der Waals surface area contributed by atoms with E-state index in [0.29, 0.717) is 0 Å². The molecule has 0 saturated carbocycles. The normalized spacial score (nSPS) is 13.1. The van der Waals surface area contributed by atoms with Crippen molar-refractivity contribution in [2.45, 2.75) is 39.3 Å². The SMILES string of the molecule is CC(C)C(CNC(=O)NCCCCC(F)(F)F)C(=O)O. The zero-order valence-electron chi connectivity index (χ0n) is 11.6. The molecule has 0 aliphatic heterocycles. The predicted molar refractivity (Wildman–Crippen MR) is 67.3 cm³/mol. The standard InChI is InChI=1S/C12H21F3N2O3/c1-8(2)9(10(18)19)7-17-11(20)16-6-4-3-5-12(13,14)15/h8-9H,3-7H2,1-2H3,(H,18,19)(H2,16,17,20). The first kappa shape index (κ1) is 18.5. The second-order valence-electron chi connectivity index (χ2n) is 4.90. The van der Waals surface area contributed by atoms with Gasteiger partial charge in [-0.2, -0.15) is 13.2 Å². The number of nitrogens with one attached hydrogen (secondary N) is 2. The highest BCUT2D eigenvalue weighted by atomic mass is 19.4. The monoisotopic (exact) mass is 298 g/mol. The molecule has 20 heavy (non-hydrogen) atoms. The van der Waals surface area contributed by atoms with E-state index in [4.69, 9.17) is 5.11 Å². The molecule has 0 rings (SSSR count). The number of carboxylic acid groups (broad SMARTS) is 1. The predicted octanol–water partition coefficient (Wildman–Crippen LogP) is 2.38. The van der Waals surface area contributed by atoms with Gasteiger partial charge in [0.05, 0.1) is 5.92 Å². The van der Waals surface area contributed by atoms with E-state index in [1.165, 1.54) is 0 Å². The van der Waals surface area contributed by atoms with Crippen LogP contribution < -0.4 is 10.6 Å². The maximum Gasteiger partial charge on any atom is 0.389 e. The molecule has 0 radical (unpaired) electrons. The molecule has 0 aromatic heterocycles. The van der Waals surface area contributed by atoms with Crippen LogP contribution >= 0.6 is 0 Å². The molecule has 0 spiro atoms. The van der Waals surface area contributed by atoms with Crippen molar-refractivity contribution in [3.05, 3.63) is 0 Å². The Balaban J connectivity index is 3.76. The lowest BCUT2D eigenvalue weighted by Gasteiger charge is -2.17. The van der Waals surface area contributed by atoms with E-state index in [1.54, 1.807) is 13.8 Å². The maximum atomic E-state index is 11.8. The molecule has 5 nitrogen and oxygen atoms in total. The number of amides is 2. The molecule has 8 heteroatoms. The topological polar surface area (TPSA) is 78.4 Å². The van der Waals surface area contributed by atoms with Crippen molar-refractivity contribution in [1.29, 1.82) is 0 Å². The first-order valence-corrected chi connectivity index (χ1v) is 6.44. The molecule has 0 fully saturated rings. The average Bonchev–Trinajstić information content (AvgIpc) is 2.26. The number of alkyl halides is 3. The second-order valence-corrected chi connectivity index (χ2v) is 4.90. The van der Waals surface area contributed by atoms with Gasteiger partial charge in [-0.1, -0.05) is 13.8 Å². The van der Waals surface area contributed by atoms with Gasteiger partial charge in [0.25, 0.3) is 0 Å². The van der Waals surface area contributed by atoms with E-state index in [0.717, 1.165) is 0 Å². The van der Waals surface area contributed by atoms with Gasteiger partial charge in [0.15, 0.2) is 0 Å². The molecule has 0 bridgehead atoms. The average molecular weight is 298 g/mol. The fraction of sp³-hybridized carbons (Fsp3) is 0.833. The molecule has 0 saturated heterocycles. The van der Waals surface area contributed by atoms with Crippen molar-refractivity contribution in [2.24, 2.45) is 11.8 Å². The Morgan fingerprint density at radius 2 is 1.75 bits per heavy atom. The molecule has 0 aromatic carbocycles. The third kappa shape index (κ3) is 9.46. The van der Waals surface area contributed by atoms with E-state index in [2.05, 4.69) is 10.6 Å². The quantitative estimate of drug-likeness (QED) is 0.602. The van der Waals surface area contributed by atoms with E-state index in [-0.39, 0.29) is 31.8 Å². The minimum atomic E-state index is -4.17. The van der Waals surface area contributed by atoms with Crippen LogP contribution in [-0.2, 0) is 4.79 Å². The molecule has 1 unspecified atom stereocenters. The molecular weight excluding hydrogens is 277 g/mol. The van der Waals surface area contributed by atoms with E-state index in [1.807, 2.05) is 0 Å². The first-order chi connectivity index (χ1) is 9.13. The summed E-state index contributed by atoms with van der Waals surface area (Å²) >= 11 is 0. The molecule has 2 amide bonds. The van der Waals surface area contributed by atoms with Crippen LogP contribution in [0, 0.1) is 11.8 Å². The van der Waals surface area contributed by atoms with Crippen molar-refractivity contribution in [3.8, 4) is 0 Å². The van der Waals surface area contributed by atoms with Crippen LogP contribution in [0.1, 0.15) is 33.1 Å². The summed E-state index contributed by atoms with van der Waals surface area (Å²) in [6.07, 6.45) is -4.87. The van der Waals surface area contributed by atoms with Gasteiger partial charge >= 0.3 is 18.2 Å². The number of carbonyl (C=O) groups excluding carboxylic acids is 1. The molecule has 118 valence electrons. The van der Waals surface area contributed by atoms with E-state index >= 15 is 0 Å². The number of hydrogen-bond donors (Lipinski definition) is 3. The van der Waals surface area contributed by atoms with Crippen molar-refractivity contribution in [3.63, 3.8) is 0 Å². The molecule has 0 aliphatic rings. The number of carboxylic acids is 1. The highest BCUT2D eigenvalue weighted by Crippen LogP contribution is 2.21. The lowest BCUT2D eigenvalue weighted by atomic mass is 9.96. The maximum absolute atomic E-state index is 11.8. The lowest BCUT2D eigenvalue weighted by molar-refractivity contribution is -0.143. The Labute approximate surface area is 115 Å². The van der Waals surface area contributed by atoms with Crippen molar-refractivity contribution >= 4 is 12.0 Å². The number of carbonyl (C=O) groups is 2. The number of aliphatic carboxylic acids is 1. The lowest BCUT2D eigenvalue weighted by Crippen LogP contribution is -2.41. The largest absolute Gasteiger partial charge is 0.481 e. The third-order valence-corrected chi connectivity index (χ3v) is 2.78. The summed E-state index contributed by atoms with van der Waals surface area (Å²) in [4.78, 5) is 22.2. The van der Waals surface area contributed by atoms with Gasteiger partial charge < -0.3 is 15.7 Å². The Bertz CT molecular complexity index is 320. The summed E-state index contributed by atoms with van der Waals surface area (Å²) < 4.78 is 35.5. The van der Waals surface area contributed by atoms with Crippen molar-refractivity contribution in [2.75, 3.05) is 13.1 Å². The zero-order valence-corrected chi connectivity index (χ0v) is 11.6. The minimum Gasteiger partial charge on any atom is -0.481 e. The Kier molecular flexibility index (Phi) is 8.02. The Morgan fingerprint density at radius 1 is 1.15 bits per heavy atom. The molecule has 0 heterocycles. The number of rotatable bonds is 8. The van der Waals surface area contributed by atoms with Gasteiger partial charge in [-0.25, -0.2) is 4.79 Å². The third-order valence-electron chi connectivity index (χ3n) is 2.78. The van der Waals surface area contributed by atoms with Gasteiger partial charge in [0.2, 0.25) is 0 Å². The van der Waals surface area contributed by atoms with Crippen LogP contribution in [0.15, 0.2) is 0 Å². The highest BCUT2D eigenvalue weighted by Gasteiger charge is 2.25. The van der Waals surface area contributed by atoms with Crippen LogP contribution in [0.4, 0.5) is 18.0 Å². The molecule has 0 aliphatic carbocycles. The summed E-state index contributed by atoms with van der Waals surface area (Å²) in [5.74, 6) is -1.81. The smallest absolute Gasteiger partial charge is 0.389 e. The minimum absolute atomic E-state index is 0.0125.